The minimum atomic E-state index is -0.484. The number of H-pyrrole nitrogens is 1. The normalized spacial score (nSPS) is 10.6. The van der Waals surface area contributed by atoms with Crippen molar-refractivity contribution in [1.82, 2.24) is 10.2 Å². The number of rotatable bonds is 1. The molecule has 0 saturated carbocycles. The Kier molecular flexibility index (Phi) is 1.77. The van der Waals surface area contributed by atoms with Gasteiger partial charge in [-0.1, -0.05) is 11.6 Å². The Bertz CT molecular complexity index is 480. The van der Waals surface area contributed by atoms with E-state index in [1.807, 2.05) is 0 Å². The standard InChI is InChI=1S/C8H4ClFN2O/c9-6-2-4(10)1-5-7(3-13)11-12-8(5)6/h1-3H,(H,11,12). The van der Waals surface area contributed by atoms with E-state index in [1.54, 1.807) is 0 Å². The number of carbonyl (C=O) groups excluding carboxylic acids is 1. The van der Waals surface area contributed by atoms with E-state index < -0.39 is 5.82 Å². The largest absolute Gasteiger partial charge is 0.296 e. The first-order valence-corrected chi connectivity index (χ1v) is 3.88. The van der Waals surface area contributed by atoms with Crippen LogP contribution in [0.25, 0.3) is 10.9 Å². The molecule has 0 spiro atoms. The van der Waals surface area contributed by atoms with Crippen LogP contribution in [0.5, 0.6) is 0 Å². The van der Waals surface area contributed by atoms with Gasteiger partial charge >= 0.3 is 0 Å². The molecule has 1 aromatic heterocycles. The van der Waals surface area contributed by atoms with Crippen molar-refractivity contribution in [2.24, 2.45) is 0 Å². The molecule has 1 heterocycles. The van der Waals surface area contributed by atoms with Crippen LogP contribution in [-0.2, 0) is 0 Å². The first kappa shape index (κ1) is 8.19. The van der Waals surface area contributed by atoms with Gasteiger partial charge in [0.15, 0.2) is 6.29 Å². The first-order chi connectivity index (χ1) is 6.22. The van der Waals surface area contributed by atoms with Crippen LogP contribution < -0.4 is 0 Å². The van der Waals surface area contributed by atoms with Gasteiger partial charge in [0.1, 0.15) is 17.0 Å². The number of aromatic nitrogens is 2. The Morgan fingerprint density at radius 3 is 3.00 bits per heavy atom. The molecule has 0 saturated heterocycles. The zero-order valence-corrected chi connectivity index (χ0v) is 7.10. The smallest absolute Gasteiger partial charge is 0.168 e. The van der Waals surface area contributed by atoms with Gasteiger partial charge in [-0.25, -0.2) is 4.39 Å². The number of benzene rings is 1. The van der Waals surface area contributed by atoms with Gasteiger partial charge in [0.25, 0.3) is 0 Å². The molecule has 66 valence electrons. The summed E-state index contributed by atoms with van der Waals surface area (Å²) in [5.41, 5.74) is 0.640. The minimum Gasteiger partial charge on any atom is -0.296 e. The number of aromatic amines is 1. The molecule has 0 fully saturated rings. The number of nitrogens with one attached hydrogen (secondary N) is 1. The average molecular weight is 199 g/mol. The second-order valence-corrected chi connectivity index (χ2v) is 2.95. The third-order valence-electron chi connectivity index (χ3n) is 1.72. The van der Waals surface area contributed by atoms with Gasteiger partial charge in [0.05, 0.1) is 5.02 Å². The molecule has 0 radical (unpaired) electrons. The molecule has 3 nitrogen and oxygen atoms in total. The summed E-state index contributed by atoms with van der Waals surface area (Å²) in [6.45, 7) is 0. The van der Waals surface area contributed by atoms with Crippen molar-refractivity contribution < 1.29 is 9.18 Å². The average Bonchev–Trinajstić information content (AvgIpc) is 2.47. The highest BCUT2D eigenvalue weighted by atomic mass is 35.5. The quantitative estimate of drug-likeness (QED) is 0.714. The minimum absolute atomic E-state index is 0.194. The molecule has 2 aromatic rings. The van der Waals surface area contributed by atoms with Gasteiger partial charge in [0, 0.05) is 5.39 Å². The SMILES string of the molecule is O=Cc1[nH]nc2c(Cl)cc(F)cc12. The number of hydrogen-bond donors (Lipinski definition) is 1. The molecule has 0 bridgehead atoms. The maximum Gasteiger partial charge on any atom is 0.168 e. The van der Waals surface area contributed by atoms with E-state index in [1.165, 1.54) is 6.07 Å². The molecule has 0 unspecified atom stereocenters. The molecule has 2 rings (SSSR count). The number of carbonyl (C=O) groups is 1. The Morgan fingerprint density at radius 2 is 2.31 bits per heavy atom. The van der Waals surface area contributed by atoms with E-state index in [9.17, 15) is 9.18 Å². The van der Waals surface area contributed by atoms with E-state index in [0.29, 0.717) is 17.2 Å². The van der Waals surface area contributed by atoms with Crippen LogP contribution >= 0.6 is 11.6 Å². The molecule has 0 atom stereocenters. The van der Waals surface area contributed by atoms with Gasteiger partial charge < -0.3 is 0 Å². The lowest BCUT2D eigenvalue weighted by molar-refractivity contribution is 0.112. The fraction of sp³-hybridized carbons (Fsp3) is 0. The highest BCUT2D eigenvalue weighted by Gasteiger charge is 2.09. The molecule has 0 aliphatic carbocycles. The second kappa shape index (κ2) is 2.81. The number of hydrogen-bond acceptors (Lipinski definition) is 2. The van der Waals surface area contributed by atoms with Crippen LogP contribution in [0.4, 0.5) is 4.39 Å². The summed E-state index contributed by atoms with van der Waals surface area (Å²) in [7, 11) is 0. The zero-order chi connectivity index (χ0) is 9.42. The van der Waals surface area contributed by atoms with Crippen molar-refractivity contribution >= 4 is 28.8 Å². The summed E-state index contributed by atoms with van der Waals surface area (Å²) in [6, 6.07) is 2.37. The predicted molar refractivity (Wildman–Crippen MR) is 46.4 cm³/mol. The Balaban J connectivity index is 2.89. The molecular weight excluding hydrogens is 195 g/mol. The first-order valence-electron chi connectivity index (χ1n) is 3.50. The van der Waals surface area contributed by atoms with Crippen molar-refractivity contribution in [3.05, 3.63) is 28.7 Å². The van der Waals surface area contributed by atoms with Crippen molar-refractivity contribution in [2.75, 3.05) is 0 Å². The fourth-order valence-electron chi connectivity index (χ4n) is 1.15. The lowest BCUT2D eigenvalue weighted by atomic mass is 10.2. The summed E-state index contributed by atoms with van der Waals surface area (Å²) in [5.74, 6) is -0.484. The van der Waals surface area contributed by atoms with Gasteiger partial charge in [-0.15, -0.1) is 0 Å². The predicted octanol–water partition coefficient (Wildman–Crippen LogP) is 2.17. The number of nitrogens with zero attached hydrogens (tertiary/aromatic N) is 1. The summed E-state index contributed by atoms with van der Waals surface area (Å²) < 4.78 is 12.8. The van der Waals surface area contributed by atoms with E-state index in [2.05, 4.69) is 10.2 Å². The molecule has 1 N–H and O–H groups in total. The van der Waals surface area contributed by atoms with Gasteiger partial charge in [0.2, 0.25) is 0 Å². The summed E-state index contributed by atoms with van der Waals surface area (Å²) in [4.78, 5) is 10.5. The molecule has 13 heavy (non-hydrogen) atoms. The zero-order valence-electron chi connectivity index (χ0n) is 6.34. The van der Waals surface area contributed by atoms with Crippen LogP contribution in [0.3, 0.4) is 0 Å². The third-order valence-corrected chi connectivity index (χ3v) is 2.01. The Hall–Kier alpha value is -1.42. The molecule has 0 amide bonds. The molecule has 1 aromatic carbocycles. The van der Waals surface area contributed by atoms with Gasteiger partial charge in [-0.2, -0.15) is 5.10 Å². The van der Waals surface area contributed by atoms with Crippen LogP contribution in [0.15, 0.2) is 12.1 Å². The van der Waals surface area contributed by atoms with Crippen molar-refractivity contribution in [2.45, 2.75) is 0 Å². The third kappa shape index (κ3) is 1.19. The summed E-state index contributed by atoms with van der Waals surface area (Å²) in [6.07, 6.45) is 0.575. The summed E-state index contributed by atoms with van der Waals surface area (Å²) in [5, 5.41) is 6.83. The second-order valence-electron chi connectivity index (χ2n) is 2.54. The van der Waals surface area contributed by atoms with Crippen LogP contribution in [-0.4, -0.2) is 16.5 Å². The van der Waals surface area contributed by atoms with E-state index >= 15 is 0 Å². The van der Waals surface area contributed by atoms with Crippen LogP contribution in [0, 0.1) is 5.82 Å². The summed E-state index contributed by atoms with van der Waals surface area (Å²) >= 11 is 5.69. The molecule has 0 aliphatic heterocycles. The maximum absolute atomic E-state index is 12.8. The Morgan fingerprint density at radius 1 is 1.54 bits per heavy atom. The highest BCUT2D eigenvalue weighted by molar-refractivity contribution is 6.35. The maximum atomic E-state index is 12.8. The molecule has 5 heteroatoms. The monoisotopic (exact) mass is 198 g/mol. The van der Waals surface area contributed by atoms with Crippen LogP contribution in [0.1, 0.15) is 10.5 Å². The topological polar surface area (TPSA) is 45.8 Å². The number of aldehydes is 1. The van der Waals surface area contributed by atoms with Crippen molar-refractivity contribution in [3.8, 4) is 0 Å². The highest BCUT2D eigenvalue weighted by Crippen LogP contribution is 2.24. The van der Waals surface area contributed by atoms with Gasteiger partial charge in [-0.3, -0.25) is 9.89 Å². The Labute approximate surface area is 77.5 Å². The van der Waals surface area contributed by atoms with E-state index in [0.717, 1.165) is 6.07 Å². The van der Waals surface area contributed by atoms with Crippen LogP contribution in [0.2, 0.25) is 5.02 Å². The lowest BCUT2D eigenvalue weighted by Gasteiger charge is -1.92. The molecular formula is C8H4ClFN2O. The number of fused-ring (bicyclic) bond motifs is 1. The van der Waals surface area contributed by atoms with Gasteiger partial charge in [-0.05, 0) is 12.1 Å². The van der Waals surface area contributed by atoms with Crippen molar-refractivity contribution in [3.63, 3.8) is 0 Å². The van der Waals surface area contributed by atoms with Crippen molar-refractivity contribution in [1.29, 1.82) is 0 Å². The lowest BCUT2D eigenvalue weighted by Crippen LogP contribution is -1.80. The number of halogens is 2. The van der Waals surface area contributed by atoms with E-state index in [4.69, 9.17) is 11.6 Å². The molecule has 0 aliphatic rings. The van der Waals surface area contributed by atoms with E-state index in [-0.39, 0.29) is 10.7 Å². The fourth-order valence-corrected chi connectivity index (χ4v) is 1.40.